The largest absolute Gasteiger partial charge is 0.394 e. The number of carbonyl (C=O) groups is 1. The molecule has 0 aromatic heterocycles. The van der Waals surface area contributed by atoms with Crippen LogP contribution in [0.4, 0.5) is 0 Å². The van der Waals surface area contributed by atoms with Crippen molar-refractivity contribution in [1.82, 2.24) is 5.06 Å². The van der Waals surface area contributed by atoms with E-state index >= 15 is 0 Å². The third-order valence-corrected chi connectivity index (χ3v) is 6.78. The van der Waals surface area contributed by atoms with Gasteiger partial charge < -0.3 is 39.7 Å². The summed E-state index contributed by atoms with van der Waals surface area (Å²) < 4.78 is 16.6. The monoisotopic (exact) mass is 487 g/mol. The second kappa shape index (κ2) is 13.0. The lowest BCUT2D eigenvalue weighted by Gasteiger charge is -2.46. The number of aliphatic hydroxyl groups is 5. The zero-order chi connectivity index (χ0) is 23.1. The Morgan fingerprint density at radius 1 is 1.13 bits per heavy atom. The molecule has 6 unspecified atom stereocenters. The zero-order valence-electron chi connectivity index (χ0n) is 17.5. The van der Waals surface area contributed by atoms with Gasteiger partial charge in [0.1, 0.15) is 42.7 Å². The first-order valence-corrected chi connectivity index (χ1v) is 11.9. The molecule has 0 bridgehead atoms. The first kappa shape index (κ1) is 27.2. The highest BCUT2D eigenvalue weighted by atomic mass is 32.2. The van der Waals surface area contributed by atoms with Crippen LogP contribution in [-0.4, -0.2) is 129 Å². The van der Waals surface area contributed by atoms with Crippen LogP contribution < -0.4 is 0 Å². The molecule has 2 aliphatic rings. The summed E-state index contributed by atoms with van der Waals surface area (Å²) in [6, 6.07) is 0. The summed E-state index contributed by atoms with van der Waals surface area (Å²) in [5, 5.41) is 52.4. The van der Waals surface area contributed by atoms with Crippen LogP contribution in [0.5, 0.6) is 0 Å². The van der Waals surface area contributed by atoms with E-state index in [0.29, 0.717) is 6.54 Å². The molecule has 31 heavy (non-hydrogen) atoms. The van der Waals surface area contributed by atoms with Gasteiger partial charge in [0.15, 0.2) is 18.3 Å². The van der Waals surface area contributed by atoms with Gasteiger partial charge in [-0.3, -0.25) is 9.63 Å². The summed E-state index contributed by atoms with van der Waals surface area (Å²) in [4.78, 5) is 17.0. The fourth-order valence-electron chi connectivity index (χ4n) is 3.46. The average molecular weight is 488 g/mol. The molecule has 0 amide bonds. The molecule has 5 N–H and O–H groups in total. The minimum absolute atomic E-state index is 0.407. The number of thiol groups is 1. The molecule has 0 spiro atoms. The summed E-state index contributed by atoms with van der Waals surface area (Å²) in [6.07, 6.45) is -11.7. The van der Waals surface area contributed by atoms with Crippen LogP contribution in [0.1, 0.15) is 13.3 Å². The Hall–Kier alpha value is -0.0300. The lowest BCUT2D eigenvalue weighted by atomic mass is 9.97. The van der Waals surface area contributed by atoms with Crippen molar-refractivity contribution in [3.8, 4) is 0 Å². The standard InChI is InChI=1S/C18H33NO10S2/c1-9-11(21)12(22)15(25)18(27-9)29-16-10(8-20)28-17(14(24)13(16)23)19(26-2)4-3-6-31-7-5-30/h9-10,12-18,20,22-25,30H,3-8H2,1-2H3/t9?,10?,12?,13?,14?,15?,16-,17-,18+/m1/s1. The van der Waals surface area contributed by atoms with Crippen molar-refractivity contribution in [3.63, 3.8) is 0 Å². The van der Waals surface area contributed by atoms with E-state index in [2.05, 4.69) is 12.6 Å². The van der Waals surface area contributed by atoms with Crippen LogP contribution in [-0.2, 0) is 23.8 Å². The maximum absolute atomic E-state index is 11.7. The van der Waals surface area contributed by atoms with Crippen molar-refractivity contribution >= 4 is 30.2 Å². The Morgan fingerprint density at radius 3 is 2.45 bits per heavy atom. The topological polar surface area (TPSA) is 158 Å². The van der Waals surface area contributed by atoms with Gasteiger partial charge in [0.25, 0.3) is 0 Å². The molecule has 2 saturated heterocycles. The Balaban J connectivity index is 2.03. The second-order valence-electron chi connectivity index (χ2n) is 7.33. The number of thioether (sulfide) groups is 1. The minimum Gasteiger partial charge on any atom is -0.394 e. The number of nitrogens with zero attached hydrogens (tertiary/aromatic N) is 1. The molecule has 0 aromatic rings. The Bertz CT molecular complexity index is 559. The lowest BCUT2D eigenvalue weighted by molar-refractivity contribution is -0.355. The van der Waals surface area contributed by atoms with Crippen LogP contribution in [0.2, 0.25) is 0 Å². The summed E-state index contributed by atoms with van der Waals surface area (Å²) in [6.45, 7) is 1.23. The van der Waals surface area contributed by atoms with Gasteiger partial charge in [-0.25, -0.2) is 0 Å². The molecule has 2 aliphatic heterocycles. The van der Waals surface area contributed by atoms with Crippen molar-refractivity contribution in [2.24, 2.45) is 0 Å². The number of hydroxylamine groups is 2. The molecule has 9 atom stereocenters. The van der Waals surface area contributed by atoms with Crippen LogP contribution in [0.3, 0.4) is 0 Å². The van der Waals surface area contributed by atoms with Gasteiger partial charge >= 0.3 is 0 Å². The first-order valence-electron chi connectivity index (χ1n) is 10.1. The number of Topliss-reactive ketones (excluding diaryl/α,β-unsaturated/α-hetero) is 1. The third-order valence-electron chi connectivity index (χ3n) is 5.18. The zero-order valence-corrected chi connectivity index (χ0v) is 19.2. The van der Waals surface area contributed by atoms with Crippen molar-refractivity contribution < 1.29 is 49.4 Å². The third kappa shape index (κ3) is 6.74. The Morgan fingerprint density at radius 2 is 1.84 bits per heavy atom. The van der Waals surface area contributed by atoms with Gasteiger partial charge in [-0.2, -0.15) is 29.5 Å². The van der Waals surface area contributed by atoms with Gasteiger partial charge in [-0.15, -0.1) is 0 Å². The molecule has 0 radical (unpaired) electrons. The number of aliphatic hydroxyl groups excluding tert-OH is 5. The number of hydrogen-bond acceptors (Lipinski definition) is 13. The first-order chi connectivity index (χ1) is 14.8. The highest BCUT2D eigenvalue weighted by Crippen LogP contribution is 2.29. The van der Waals surface area contributed by atoms with E-state index in [1.54, 1.807) is 11.8 Å². The van der Waals surface area contributed by atoms with Crippen LogP contribution in [0.15, 0.2) is 0 Å². The molecule has 11 nitrogen and oxygen atoms in total. The normalized spacial score (nSPS) is 39.3. The van der Waals surface area contributed by atoms with Crippen LogP contribution in [0.25, 0.3) is 0 Å². The fourth-order valence-corrected chi connectivity index (χ4v) is 4.51. The molecular formula is C18H33NO10S2. The maximum Gasteiger partial charge on any atom is 0.192 e. The summed E-state index contributed by atoms with van der Waals surface area (Å²) in [7, 11) is 1.41. The minimum atomic E-state index is -1.72. The molecular weight excluding hydrogens is 454 g/mol. The van der Waals surface area contributed by atoms with E-state index in [-0.39, 0.29) is 0 Å². The fraction of sp³-hybridized carbons (Fsp3) is 0.944. The Labute approximate surface area is 191 Å². The number of ether oxygens (including phenoxy) is 3. The number of ketones is 1. The van der Waals surface area contributed by atoms with E-state index < -0.39 is 67.6 Å². The van der Waals surface area contributed by atoms with Gasteiger partial charge in [0.2, 0.25) is 0 Å². The van der Waals surface area contributed by atoms with Crippen LogP contribution in [0, 0.1) is 0 Å². The van der Waals surface area contributed by atoms with Gasteiger partial charge in [0, 0.05) is 12.3 Å². The lowest BCUT2D eigenvalue weighted by Crippen LogP contribution is -2.65. The molecule has 2 fully saturated rings. The number of carbonyl (C=O) groups excluding carboxylic acids is 1. The van der Waals surface area contributed by atoms with E-state index in [9.17, 15) is 30.3 Å². The molecule has 2 heterocycles. The van der Waals surface area contributed by atoms with E-state index in [4.69, 9.17) is 19.0 Å². The smallest absolute Gasteiger partial charge is 0.192 e. The maximum atomic E-state index is 11.7. The predicted octanol–water partition coefficient (Wildman–Crippen LogP) is -2.24. The number of rotatable bonds is 11. The highest BCUT2D eigenvalue weighted by Gasteiger charge is 2.51. The van der Waals surface area contributed by atoms with Crippen molar-refractivity contribution in [2.75, 3.05) is 37.5 Å². The van der Waals surface area contributed by atoms with Crippen LogP contribution >= 0.6 is 24.4 Å². The molecule has 13 heteroatoms. The quantitative estimate of drug-likeness (QED) is 0.106. The predicted molar refractivity (Wildman–Crippen MR) is 113 cm³/mol. The molecule has 0 aromatic carbocycles. The summed E-state index contributed by atoms with van der Waals surface area (Å²) >= 11 is 5.88. The highest BCUT2D eigenvalue weighted by molar-refractivity contribution is 7.99. The number of hydrogen-bond donors (Lipinski definition) is 6. The molecule has 2 rings (SSSR count). The van der Waals surface area contributed by atoms with Crippen molar-refractivity contribution in [1.29, 1.82) is 0 Å². The van der Waals surface area contributed by atoms with Crippen molar-refractivity contribution in [2.45, 2.75) is 68.6 Å². The van der Waals surface area contributed by atoms with E-state index in [0.717, 1.165) is 23.7 Å². The Kier molecular flexibility index (Phi) is 11.4. The molecule has 0 saturated carbocycles. The van der Waals surface area contributed by atoms with Crippen molar-refractivity contribution in [3.05, 3.63) is 0 Å². The summed E-state index contributed by atoms with van der Waals surface area (Å²) in [5.74, 6) is 1.83. The molecule has 0 aliphatic carbocycles. The van der Waals surface area contributed by atoms with Gasteiger partial charge in [-0.05, 0) is 24.9 Å². The van der Waals surface area contributed by atoms with Gasteiger partial charge in [-0.1, -0.05) is 0 Å². The summed E-state index contributed by atoms with van der Waals surface area (Å²) in [5.41, 5.74) is 0. The van der Waals surface area contributed by atoms with Gasteiger partial charge in [0.05, 0.1) is 13.7 Å². The van der Waals surface area contributed by atoms with E-state index in [1.165, 1.54) is 19.1 Å². The second-order valence-corrected chi connectivity index (χ2v) is 9.00. The SMILES string of the molecule is CON(CCCSCCS)[C@@H]1OC(CO)[C@@H](O[C@@H]2OC(C)C(=O)C(O)C2O)C(O)C1O. The van der Waals surface area contributed by atoms with E-state index in [1.807, 2.05) is 0 Å². The molecule has 182 valence electrons. The average Bonchev–Trinajstić information content (AvgIpc) is 2.76.